The molecule has 1 aliphatic carbocycles. The van der Waals surface area contributed by atoms with Crippen LogP contribution in [0, 0.1) is 5.82 Å². The number of halogens is 1. The normalized spacial score (nSPS) is 15.8. The van der Waals surface area contributed by atoms with Gasteiger partial charge < -0.3 is 9.88 Å². The Kier molecular flexibility index (Phi) is 5.44. The van der Waals surface area contributed by atoms with Crippen molar-refractivity contribution in [3.05, 3.63) is 77.1 Å². The fourth-order valence-corrected chi connectivity index (χ4v) is 6.54. The molecule has 0 radical (unpaired) electrons. The molecule has 0 amide bonds. The zero-order valence-electron chi connectivity index (χ0n) is 19.9. The van der Waals surface area contributed by atoms with Gasteiger partial charge in [0.2, 0.25) is 0 Å². The molecule has 1 aliphatic heterocycles. The van der Waals surface area contributed by atoms with Gasteiger partial charge in [-0.3, -0.25) is 0 Å². The highest BCUT2D eigenvalue weighted by Gasteiger charge is 2.24. The third kappa shape index (κ3) is 4.14. The number of aryl methyl sites for hydroxylation is 2. The van der Waals surface area contributed by atoms with E-state index in [-0.39, 0.29) is 11.6 Å². The van der Waals surface area contributed by atoms with E-state index in [2.05, 4.69) is 22.0 Å². The summed E-state index contributed by atoms with van der Waals surface area (Å²) in [6, 6.07) is 18.0. The molecule has 3 aromatic carbocycles. The summed E-state index contributed by atoms with van der Waals surface area (Å²) >= 11 is 0. The van der Waals surface area contributed by atoms with Crippen molar-refractivity contribution in [3.8, 4) is 22.4 Å². The van der Waals surface area contributed by atoms with Crippen LogP contribution >= 0.6 is 0 Å². The first kappa shape index (κ1) is 22.4. The lowest BCUT2D eigenvalue weighted by atomic mass is 9.88. The number of aromatic amines is 1. The van der Waals surface area contributed by atoms with E-state index in [0.29, 0.717) is 11.1 Å². The van der Waals surface area contributed by atoms with Crippen molar-refractivity contribution in [1.82, 2.24) is 4.98 Å². The smallest absolute Gasteiger partial charge is 0.155 e. The molecule has 6 rings (SSSR count). The fraction of sp³-hybridized carbons (Fsp3) is 0.310. The Bertz CT molecular complexity index is 1530. The maximum absolute atomic E-state index is 15.8. The van der Waals surface area contributed by atoms with Crippen LogP contribution in [0.15, 0.2) is 54.6 Å². The molecule has 2 aliphatic rings. The van der Waals surface area contributed by atoms with Crippen molar-refractivity contribution >= 4 is 26.4 Å². The number of anilines is 1. The molecule has 2 heterocycles. The molecule has 0 bridgehead atoms. The highest BCUT2D eigenvalue weighted by Crippen LogP contribution is 2.40. The van der Waals surface area contributed by atoms with E-state index >= 15 is 4.39 Å². The number of nitrogens with one attached hydrogen (secondary N) is 1. The Hall–Kier alpha value is -3.12. The maximum Gasteiger partial charge on any atom is 0.155 e. The van der Waals surface area contributed by atoms with Crippen LogP contribution in [0.2, 0.25) is 0 Å². The maximum atomic E-state index is 15.8. The Morgan fingerprint density at radius 3 is 2.40 bits per heavy atom. The van der Waals surface area contributed by atoms with Gasteiger partial charge in [0, 0.05) is 41.5 Å². The SMILES string of the molecule is CS(=O)(=O)Cc1ccc2c(c1)CCc1c-2[nH]c2c(F)c(-c3ccc(N4CCCCC4)cc3)ccc12. The Morgan fingerprint density at radius 1 is 0.914 bits per heavy atom. The van der Waals surface area contributed by atoms with Crippen LogP contribution in [0.4, 0.5) is 10.1 Å². The molecule has 0 saturated carbocycles. The van der Waals surface area contributed by atoms with Crippen molar-refractivity contribution in [2.75, 3.05) is 24.2 Å². The van der Waals surface area contributed by atoms with Crippen molar-refractivity contribution in [3.63, 3.8) is 0 Å². The molecule has 0 spiro atoms. The number of hydrogen-bond acceptors (Lipinski definition) is 3. The van der Waals surface area contributed by atoms with Crippen LogP contribution in [0.5, 0.6) is 0 Å². The number of piperidine rings is 1. The lowest BCUT2D eigenvalue weighted by Gasteiger charge is -2.28. The van der Waals surface area contributed by atoms with E-state index in [0.717, 1.165) is 64.8 Å². The molecule has 1 aromatic heterocycles. The van der Waals surface area contributed by atoms with E-state index in [1.807, 2.05) is 42.5 Å². The van der Waals surface area contributed by atoms with Crippen molar-refractivity contribution in [1.29, 1.82) is 0 Å². The number of aromatic nitrogens is 1. The first-order chi connectivity index (χ1) is 16.9. The number of fused-ring (bicyclic) bond motifs is 5. The second-order valence-corrected chi connectivity index (χ2v) is 12.1. The van der Waals surface area contributed by atoms with Gasteiger partial charge in [-0.1, -0.05) is 42.5 Å². The number of sulfone groups is 1. The van der Waals surface area contributed by atoms with Gasteiger partial charge in [-0.2, -0.15) is 0 Å². The molecule has 0 atom stereocenters. The summed E-state index contributed by atoms with van der Waals surface area (Å²) in [5, 5.41) is 0.928. The van der Waals surface area contributed by atoms with Gasteiger partial charge in [0.1, 0.15) is 0 Å². The molecular weight excluding hydrogens is 459 g/mol. The molecule has 35 heavy (non-hydrogen) atoms. The zero-order chi connectivity index (χ0) is 24.2. The largest absolute Gasteiger partial charge is 0.372 e. The van der Waals surface area contributed by atoms with E-state index in [1.54, 1.807) is 0 Å². The zero-order valence-corrected chi connectivity index (χ0v) is 20.7. The van der Waals surface area contributed by atoms with Gasteiger partial charge in [0.05, 0.1) is 17.0 Å². The number of H-pyrrole nitrogens is 1. The van der Waals surface area contributed by atoms with E-state index in [1.165, 1.54) is 31.2 Å². The summed E-state index contributed by atoms with van der Waals surface area (Å²) < 4.78 is 39.3. The molecule has 6 heteroatoms. The van der Waals surface area contributed by atoms with E-state index in [9.17, 15) is 8.42 Å². The average molecular weight is 489 g/mol. The van der Waals surface area contributed by atoms with Crippen LogP contribution in [-0.4, -0.2) is 32.7 Å². The minimum atomic E-state index is -3.09. The number of nitrogens with zero attached hydrogens (tertiary/aromatic N) is 1. The third-order valence-corrected chi connectivity index (χ3v) is 8.29. The molecule has 1 saturated heterocycles. The lowest BCUT2D eigenvalue weighted by molar-refractivity contribution is 0.578. The minimum absolute atomic E-state index is 0.0361. The second-order valence-electron chi connectivity index (χ2n) is 9.98. The molecule has 0 unspecified atom stereocenters. The fourth-order valence-electron chi connectivity index (χ4n) is 5.75. The molecule has 4 nitrogen and oxygen atoms in total. The molecule has 1 N–H and O–H groups in total. The Labute approximate surface area is 205 Å². The summed E-state index contributed by atoms with van der Waals surface area (Å²) in [6.45, 7) is 2.18. The van der Waals surface area contributed by atoms with Crippen LogP contribution in [0.25, 0.3) is 33.3 Å². The van der Waals surface area contributed by atoms with Crippen molar-refractivity contribution in [2.24, 2.45) is 0 Å². The molecule has 180 valence electrons. The van der Waals surface area contributed by atoms with Crippen LogP contribution < -0.4 is 4.90 Å². The highest BCUT2D eigenvalue weighted by molar-refractivity contribution is 7.89. The minimum Gasteiger partial charge on any atom is -0.372 e. The second kappa shape index (κ2) is 8.52. The summed E-state index contributed by atoms with van der Waals surface area (Å²) in [5.41, 5.74) is 8.25. The van der Waals surface area contributed by atoms with Gasteiger partial charge in [-0.05, 0) is 66.5 Å². The first-order valence-corrected chi connectivity index (χ1v) is 14.4. The predicted octanol–water partition coefficient (Wildman–Crippen LogP) is 6.27. The summed E-state index contributed by atoms with van der Waals surface area (Å²) in [7, 11) is -3.09. The van der Waals surface area contributed by atoms with Crippen LogP contribution in [0.1, 0.15) is 36.0 Å². The van der Waals surface area contributed by atoms with Gasteiger partial charge in [-0.25, -0.2) is 12.8 Å². The van der Waals surface area contributed by atoms with Crippen LogP contribution in [-0.2, 0) is 28.4 Å². The Morgan fingerprint density at radius 2 is 1.66 bits per heavy atom. The van der Waals surface area contributed by atoms with Gasteiger partial charge in [0.15, 0.2) is 15.7 Å². The standard InChI is InChI=1S/C29H29FN2O2S/c1-35(33,34)18-19-5-11-24-21(17-19)8-12-25-26-14-13-23(27(30)29(26)31-28(24)25)20-6-9-22(10-7-20)32-15-3-2-4-16-32/h5-7,9-11,13-14,17,31H,2-4,8,12,15-16,18H2,1H3. The molecular formula is C29H29FN2O2S. The number of benzene rings is 3. The van der Waals surface area contributed by atoms with Gasteiger partial charge in [-0.15, -0.1) is 0 Å². The average Bonchev–Trinajstić information content (AvgIpc) is 3.24. The summed E-state index contributed by atoms with van der Waals surface area (Å²) in [4.78, 5) is 5.79. The van der Waals surface area contributed by atoms with Gasteiger partial charge >= 0.3 is 0 Å². The highest BCUT2D eigenvalue weighted by atomic mass is 32.2. The third-order valence-electron chi connectivity index (χ3n) is 7.43. The topological polar surface area (TPSA) is 53.2 Å². The van der Waals surface area contributed by atoms with Crippen molar-refractivity contribution in [2.45, 2.75) is 37.9 Å². The monoisotopic (exact) mass is 488 g/mol. The number of hydrogen-bond donors (Lipinski definition) is 1. The summed E-state index contributed by atoms with van der Waals surface area (Å²) in [6.07, 6.45) is 6.62. The van der Waals surface area contributed by atoms with E-state index in [4.69, 9.17) is 0 Å². The van der Waals surface area contributed by atoms with E-state index < -0.39 is 9.84 Å². The molecule has 4 aromatic rings. The first-order valence-electron chi connectivity index (χ1n) is 12.4. The Balaban J connectivity index is 1.36. The lowest BCUT2D eigenvalue weighted by Crippen LogP contribution is -2.29. The van der Waals surface area contributed by atoms with Gasteiger partial charge in [0.25, 0.3) is 0 Å². The quantitative estimate of drug-likeness (QED) is 0.368. The summed E-state index contributed by atoms with van der Waals surface area (Å²) in [5.74, 6) is -0.188. The predicted molar refractivity (Wildman–Crippen MR) is 141 cm³/mol. The van der Waals surface area contributed by atoms with Crippen molar-refractivity contribution < 1.29 is 12.8 Å². The molecule has 1 fully saturated rings. The van der Waals surface area contributed by atoms with Crippen LogP contribution in [0.3, 0.4) is 0 Å². The number of rotatable bonds is 4.